The SMILES string of the molecule is CC(c1cc2n(n1)CCN(C)C2)C(C)c1cc(N2CCCCC(NC(=O)c3ccc(C(C)(C)C)cc3)C2)nn(C)c1=O. The predicted octanol–water partition coefficient (Wildman–Crippen LogP) is 4.42. The third-order valence-electron chi connectivity index (χ3n) is 9.14. The smallest absolute Gasteiger partial charge is 0.270 e. The van der Waals surface area contributed by atoms with E-state index in [0.29, 0.717) is 12.1 Å². The van der Waals surface area contributed by atoms with Crippen molar-refractivity contribution in [1.82, 2.24) is 29.8 Å². The Morgan fingerprint density at radius 3 is 2.43 bits per heavy atom. The minimum atomic E-state index is -0.0693. The number of anilines is 1. The van der Waals surface area contributed by atoms with Crippen LogP contribution in [0.15, 0.2) is 41.2 Å². The van der Waals surface area contributed by atoms with Gasteiger partial charge in [-0.2, -0.15) is 10.2 Å². The topological polar surface area (TPSA) is 88.3 Å². The quantitative estimate of drug-likeness (QED) is 0.470. The summed E-state index contributed by atoms with van der Waals surface area (Å²) in [5.41, 5.74) is 4.87. The number of benzene rings is 1. The van der Waals surface area contributed by atoms with E-state index in [1.807, 2.05) is 30.3 Å². The minimum Gasteiger partial charge on any atom is -0.353 e. The van der Waals surface area contributed by atoms with Crippen LogP contribution in [0.4, 0.5) is 5.82 Å². The van der Waals surface area contributed by atoms with Crippen molar-refractivity contribution in [2.75, 3.05) is 31.6 Å². The Balaban J connectivity index is 1.33. The Kier molecular flexibility index (Phi) is 8.60. The zero-order valence-electron chi connectivity index (χ0n) is 26.4. The molecule has 0 saturated carbocycles. The molecule has 1 N–H and O–H groups in total. The van der Waals surface area contributed by atoms with Crippen LogP contribution in [0, 0.1) is 0 Å². The van der Waals surface area contributed by atoms with Gasteiger partial charge >= 0.3 is 0 Å². The number of aryl methyl sites for hydroxylation is 1. The molecule has 4 heterocycles. The summed E-state index contributed by atoms with van der Waals surface area (Å²) in [6.07, 6.45) is 2.94. The van der Waals surface area contributed by atoms with Gasteiger partial charge in [0.15, 0.2) is 0 Å². The van der Waals surface area contributed by atoms with Crippen LogP contribution in [0.3, 0.4) is 0 Å². The second-order valence-corrected chi connectivity index (χ2v) is 13.4. The number of carbonyl (C=O) groups excluding carboxylic acids is 1. The van der Waals surface area contributed by atoms with Crippen molar-refractivity contribution in [2.24, 2.45) is 7.05 Å². The number of hydrogen-bond acceptors (Lipinski definition) is 6. The lowest BCUT2D eigenvalue weighted by atomic mass is 9.86. The second kappa shape index (κ2) is 12.0. The van der Waals surface area contributed by atoms with Crippen LogP contribution in [0.1, 0.15) is 98.6 Å². The highest BCUT2D eigenvalue weighted by Crippen LogP contribution is 2.32. The maximum Gasteiger partial charge on any atom is 0.270 e. The lowest BCUT2D eigenvalue weighted by Crippen LogP contribution is -2.43. The first-order chi connectivity index (χ1) is 19.9. The third kappa shape index (κ3) is 6.46. The first kappa shape index (κ1) is 30.0. The molecule has 1 aromatic carbocycles. The number of nitrogens with zero attached hydrogens (tertiary/aromatic N) is 6. The number of rotatable bonds is 6. The molecule has 2 aliphatic rings. The normalized spacial score (nSPS) is 19.6. The number of hydrogen-bond donors (Lipinski definition) is 1. The van der Waals surface area contributed by atoms with Crippen molar-refractivity contribution in [2.45, 2.75) is 90.3 Å². The molecule has 2 aromatic heterocycles. The van der Waals surface area contributed by atoms with Gasteiger partial charge in [-0.05, 0) is 67.5 Å². The summed E-state index contributed by atoms with van der Waals surface area (Å²) < 4.78 is 3.58. The number of aromatic nitrogens is 4. The molecule has 1 amide bonds. The van der Waals surface area contributed by atoms with E-state index in [-0.39, 0.29) is 34.8 Å². The van der Waals surface area contributed by atoms with Crippen molar-refractivity contribution < 1.29 is 4.79 Å². The molecule has 1 fully saturated rings. The Labute approximate surface area is 249 Å². The molecular formula is C33H47N7O2. The molecule has 42 heavy (non-hydrogen) atoms. The highest BCUT2D eigenvalue weighted by molar-refractivity contribution is 5.94. The van der Waals surface area contributed by atoms with Crippen molar-refractivity contribution in [3.63, 3.8) is 0 Å². The molecule has 9 heteroatoms. The molecule has 3 unspecified atom stereocenters. The summed E-state index contributed by atoms with van der Waals surface area (Å²) in [6.45, 7) is 15.1. The van der Waals surface area contributed by atoms with Crippen LogP contribution in [0.5, 0.6) is 0 Å². The molecule has 2 aliphatic heterocycles. The van der Waals surface area contributed by atoms with Crippen LogP contribution in [0.25, 0.3) is 0 Å². The van der Waals surface area contributed by atoms with Gasteiger partial charge in [0.05, 0.1) is 17.9 Å². The fourth-order valence-corrected chi connectivity index (χ4v) is 6.12. The van der Waals surface area contributed by atoms with Gasteiger partial charge in [-0.1, -0.05) is 46.8 Å². The van der Waals surface area contributed by atoms with Gasteiger partial charge in [-0.25, -0.2) is 4.68 Å². The van der Waals surface area contributed by atoms with Gasteiger partial charge in [0.25, 0.3) is 11.5 Å². The molecule has 3 aromatic rings. The summed E-state index contributed by atoms with van der Waals surface area (Å²) in [5.74, 6) is 0.788. The minimum absolute atomic E-state index is 0.00359. The average Bonchev–Trinajstić information content (AvgIpc) is 3.23. The van der Waals surface area contributed by atoms with Crippen molar-refractivity contribution in [3.8, 4) is 0 Å². The molecule has 1 saturated heterocycles. The molecule has 5 rings (SSSR count). The Bertz CT molecular complexity index is 1470. The number of carbonyl (C=O) groups is 1. The predicted molar refractivity (Wildman–Crippen MR) is 167 cm³/mol. The first-order valence-corrected chi connectivity index (χ1v) is 15.4. The van der Waals surface area contributed by atoms with Crippen LogP contribution >= 0.6 is 0 Å². The number of nitrogens with one attached hydrogen (secondary N) is 1. The molecule has 0 spiro atoms. The van der Waals surface area contributed by atoms with E-state index in [9.17, 15) is 9.59 Å². The fourth-order valence-electron chi connectivity index (χ4n) is 6.12. The van der Waals surface area contributed by atoms with E-state index >= 15 is 0 Å². The van der Waals surface area contributed by atoms with Crippen LogP contribution < -0.4 is 15.8 Å². The second-order valence-electron chi connectivity index (χ2n) is 13.4. The largest absolute Gasteiger partial charge is 0.353 e. The Morgan fingerprint density at radius 2 is 1.71 bits per heavy atom. The summed E-state index contributed by atoms with van der Waals surface area (Å²) >= 11 is 0. The Morgan fingerprint density at radius 1 is 0.976 bits per heavy atom. The lowest BCUT2D eigenvalue weighted by Gasteiger charge is -2.27. The van der Waals surface area contributed by atoms with Gasteiger partial charge in [0.2, 0.25) is 0 Å². The standard InChI is InChI=1S/C33H47N7O2/c1-22(23(2)29-18-27-21-37(6)16-17-40(27)35-29)28-19-30(36-38(7)32(28)42)39-15-9-8-10-26(20-39)34-31(41)24-11-13-25(14-12-24)33(3,4)5/h11-14,18-19,22-23,26H,8-10,15-17,20-21H2,1-7H3,(H,34,41). The monoisotopic (exact) mass is 573 g/mol. The number of amides is 1. The van der Waals surface area contributed by atoms with E-state index in [1.165, 1.54) is 15.9 Å². The van der Waals surface area contributed by atoms with E-state index in [1.54, 1.807) is 7.05 Å². The molecule has 0 aliphatic carbocycles. The van der Waals surface area contributed by atoms with E-state index in [2.05, 4.69) is 72.6 Å². The molecule has 9 nitrogen and oxygen atoms in total. The first-order valence-electron chi connectivity index (χ1n) is 15.4. The van der Waals surface area contributed by atoms with Gasteiger partial charge < -0.3 is 10.2 Å². The third-order valence-corrected chi connectivity index (χ3v) is 9.14. The van der Waals surface area contributed by atoms with Crippen LogP contribution in [0.2, 0.25) is 0 Å². The van der Waals surface area contributed by atoms with E-state index < -0.39 is 0 Å². The maximum absolute atomic E-state index is 13.3. The molecule has 226 valence electrons. The van der Waals surface area contributed by atoms with Crippen molar-refractivity contribution in [1.29, 1.82) is 0 Å². The maximum atomic E-state index is 13.3. The highest BCUT2D eigenvalue weighted by atomic mass is 16.2. The zero-order valence-corrected chi connectivity index (χ0v) is 26.4. The molecular weight excluding hydrogens is 526 g/mol. The number of likely N-dealkylation sites (N-methyl/N-ethyl adjacent to an activating group) is 1. The van der Waals surface area contributed by atoms with Crippen LogP contribution in [-0.2, 0) is 25.6 Å². The van der Waals surface area contributed by atoms with E-state index in [4.69, 9.17) is 5.10 Å². The summed E-state index contributed by atoms with van der Waals surface area (Å²) in [4.78, 5) is 31.0. The summed E-state index contributed by atoms with van der Waals surface area (Å²) in [5, 5.41) is 12.8. The van der Waals surface area contributed by atoms with Crippen molar-refractivity contribution >= 4 is 11.7 Å². The molecule has 3 atom stereocenters. The lowest BCUT2D eigenvalue weighted by molar-refractivity contribution is 0.0936. The number of fused-ring (bicyclic) bond motifs is 1. The van der Waals surface area contributed by atoms with Gasteiger partial charge in [-0.3, -0.25) is 19.2 Å². The summed E-state index contributed by atoms with van der Waals surface area (Å²) in [7, 11) is 3.86. The van der Waals surface area contributed by atoms with Crippen molar-refractivity contribution in [3.05, 3.63) is 74.8 Å². The highest BCUT2D eigenvalue weighted by Gasteiger charge is 2.27. The fraction of sp³-hybridized carbons (Fsp3) is 0.576. The Hall–Kier alpha value is -3.46. The van der Waals surface area contributed by atoms with Gasteiger partial charge in [0.1, 0.15) is 5.82 Å². The average molecular weight is 574 g/mol. The van der Waals surface area contributed by atoms with E-state index in [0.717, 1.165) is 62.5 Å². The van der Waals surface area contributed by atoms with Gasteiger partial charge in [0, 0.05) is 56.3 Å². The summed E-state index contributed by atoms with van der Waals surface area (Å²) in [6, 6.07) is 12.1. The molecule has 0 radical (unpaired) electrons. The van der Waals surface area contributed by atoms with Gasteiger partial charge in [-0.15, -0.1) is 0 Å². The zero-order chi connectivity index (χ0) is 30.2. The van der Waals surface area contributed by atoms with Crippen LogP contribution in [-0.4, -0.2) is 63.1 Å². The molecule has 0 bridgehead atoms.